The van der Waals surface area contributed by atoms with Crippen molar-refractivity contribution in [3.8, 4) is 0 Å². The molecule has 0 saturated carbocycles. The van der Waals surface area contributed by atoms with Crippen molar-refractivity contribution in [1.82, 2.24) is 10.2 Å². The molecule has 16 heavy (non-hydrogen) atoms. The van der Waals surface area contributed by atoms with E-state index in [0.29, 0.717) is 6.42 Å². The second-order valence-corrected chi connectivity index (χ2v) is 3.99. The minimum Gasteiger partial charge on any atom is -0.345 e. The number of carbonyl (C=O) groups is 2. The van der Waals surface area contributed by atoms with E-state index in [2.05, 4.69) is 5.32 Å². The van der Waals surface area contributed by atoms with Crippen molar-refractivity contribution in [2.24, 2.45) is 5.92 Å². The van der Waals surface area contributed by atoms with Gasteiger partial charge in [0.15, 0.2) is 0 Å². The van der Waals surface area contributed by atoms with Crippen LogP contribution in [-0.2, 0) is 9.59 Å². The van der Waals surface area contributed by atoms with Gasteiger partial charge in [0, 0.05) is 0 Å². The maximum atomic E-state index is 12.3. The lowest BCUT2D eigenvalue weighted by Crippen LogP contribution is -2.61. The number of hydrogen-bond donors (Lipinski definition) is 1. The van der Waals surface area contributed by atoms with Crippen LogP contribution in [0.15, 0.2) is 0 Å². The summed E-state index contributed by atoms with van der Waals surface area (Å²) in [6.45, 7) is 2.79. The van der Waals surface area contributed by atoms with Crippen LogP contribution >= 0.6 is 0 Å². The zero-order valence-corrected chi connectivity index (χ0v) is 9.37. The molecular weight excluding hydrogens is 218 g/mol. The number of rotatable bonds is 4. The molecule has 4 nitrogen and oxygen atoms in total. The molecule has 0 aromatic heterocycles. The molecule has 1 N–H and O–H groups in total. The smallest absolute Gasteiger partial charge is 0.255 e. The highest BCUT2D eigenvalue weighted by Gasteiger charge is 2.38. The number of nitrogens with zero attached hydrogens (tertiary/aromatic N) is 1. The van der Waals surface area contributed by atoms with E-state index in [1.54, 1.807) is 6.92 Å². The molecule has 0 aliphatic carbocycles. The monoisotopic (exact) mass is 234 g/mol. The Hall–Kier alpha value is -1.20. The Kier molecular flexibility index (Phi) is 4.20. The predicted octanol–water partition coefficient (Wildman–Crippen LogP) is 0.625. The van der Waals surface area contributed by atoms with Crippen LogP contribution in [0, 0.1) is 5.92 Å². The number of piperazine rings is 1. The number of hydrogen-bond acceptors (Lipinski definition) is 2. The second kappa shape index (κ2) is 5.23. The van der Waals surface area contributed by atoms with E-state index >= 15 is 0 Å². The largest absolute Gasteiger partial charge is 0.345 e. The first kappa shape index (κ1) is 12.9. The Morgan fingerprint density at radius 3 is 2.62 bits per heavy atom. The van der Waals surface area contributed by atoms with Crippen LogP contribution in [0.2, 0.25) is 0 Å². The van der Waals surface area contributed by atoms with Crippen LogP contribution < -0.4 is 5.32 Å². The molecule has 92 valence electrons. The van der Waals surface area contributed by atoms with Gasteiger partial charge in [-0.1, -0.05) is 20.3 Å². The first-order valence-electron chi connectivity index (χ1n) is 5.32. The number of amides is 2. The molecule has 2 amide bonds. The van der Waals surface area contributed by atoms with Gasteiger partial charge < -0.3 is 10.2 Å². The number of nitrogens with one attached hydrogen (secondary N) is 1. The van der Waals surface area contributed by atoms with Gasteiger partial charge in [-0.25, -0.2) is 8.78 Å². The predicted molar refractivity (Wildman–Crippen MR) is 54.0 cm³/mol. The Labute approximate surface area is 93.0 Å². The normalized spacial score (nSPS) is 23.6. The van der Waals surface area contributed by atoms with Crippen molar-refractivity contribution >= 4 is 11.8 Å². The van der Waals surface area contributed by atoms with Crippen molar-refractivity contribution in [1.29, 1.82) is 0 Å². The number of alkyl halides is 2. The zero-order chi connectivity index (χ0) is 12.3. The molecule has 6 heteroatoms. The fourth-order valence-corrected chi connectivity index (χ4v) is 1.82. The van der Waals surface area contributed by atoms with Crippen LogP contribution in [0.5, 0.6) is 0 Å². The van der Waals surface area contributed by atoms with Crippen molar-refractivity contribution in [3.63, 3.8) is 0 Å². The number of halogens is 2. The first-order valence-corrected chi connectivity index (χ1v) is 5.32. The van der Waals surface area contributed by atoms with Gasteiger partial charge in [0.25, 0.3) is 6.43 Å². The molecule has 0 spiro atoms. The highest BCUT2D eigenvalue weighted by molar-refractivity contribution is 5.95. The SMILES string of the molecule is CCC(C)C1C(=O)NCC(=O)N1CC(F)F. The summed E-state index contributed by atoms with van der Waals surface area (Å²) in [5.74, 6) is -0.900. The summed E-state index contributed by atoms with van der Waals surface area (Å²) in [5, 5.41) is 2.43. The van der Waals surface area contributed by atoms with Gasteiger partial charge in [0.1, 0.15) is 6.04 Å². The molecule has 1 fully saturated rings. The third kappa shape index (κ3) is 2.68. The van der Waals surface area contributed by atoms with Gasteiger partial charge in [0.05, 0.1) is 13.1 Å². The summed E-state index contributed by atoms with van der Waals surface area (Å²) < 4.78 is 24.7. The van der Waals surface area contributed by atoms with E-state index in [-0.39, 0.29) is 18.4 Å². The van der Waals surface area contributed by atoms with E-state index < -0.39 is 24.9 Å². The van der Waals surface area contributed by atoms with E-state index in [1.807, 2.05) is 6.92 Å². The Morgan fingerprint density at radius 2 is 2.12 bits per heavy atom. The molecule has 2 unspecified atom stereocenters. The molecule has 1 heterocycles. The average molecular weight is 234 g/mol. The van der Waals surface area contributed by atoms with Gasteiger partial charge >= 0.3 is 0 Å². The third-order valence-corrected chi connectivity index (χ3v) is 2.86. The third-order valence-electron chi connectivity index (χ3n) is 2.86. The van der Waals surface area contributed by atoms with E-state index in [1.165, 1.54) is 0 Å². The Morgan fingerprint density at radius 1 is 1.50 bits per heavy atom. The number of carbonyl (C=O) groups excluding carboxylic acids is 2. The molecule has 1 saturated heterocycles. The lowest BCUT2D eigenvalue weighted by atomic mass is 9.95. The summed E-state index contributed by atoms with van der Waals surface area (Å²) in [5.41, 5.74) is 0. The highest BCUT2D eigenvalue weighted by Crippen LogP contribution is 2.19. The molecule has 0 bridgehead atoms. The summed E-state index contributed by atoms with van der Waals surface area (Å²) in [7, 11) is 0. The molecule has 0 aromatic carbocycles. The molecule has 1 aliphatic rings. The van der Waals surface area contributed by atoms with Gasteiger partial charge in [-0.3, -0.25) is 9.59 Å². The van der Waals surface area contributed by atoms with E-state index in [0.717, 1.165) is 4.90 Å². The molecule has 2 atom stereocenters. The van der Waals surface area contributed by atoms with Crippen molar-refractivity contribution in [3.05, 3.63) is 0 Å². The van der Waals surface area contributed by atoms with Gasteiger partial charge in [-0.15, -0.1) is 0 Å². The molecule has 0 radical (unpaired) electrons. The van der Waals surface area contributed by atoms with Gasteiger partial charge in [-0.2, -0.15) is 0 Å². The van der Waals surface area contributed by atoms with Crippen LogP contribution in [0.3, 0.4) is 0 Å². The van der Waals surface area contributed by atoms with Crippen molar-refractivity contribution in [2.45, 2.75) is 32.7 Å². The lowest BCUT2D eigenvalue weighted by Gasteiger charge is -2.37. The lowest BCUT2D eigenvalue weighted by molar-refractivity contribution is -0.149. The van der Waals surface area contributed by atoms with Crippen LogP contribution in [0.1, 0.15) is 20.3 Å². The maximum Gasteiger partial charge on any atom is 0.255 e. The molecular formula is C10H16F2N2O2. The van der Waals surface area contributed by atoms with E-state index in [9.17, 15) is 18.4 Å². The maximum absolute atomic E-state index is 12.3. The van der Waals surface area contributed by atoms with Gasteiger partial charge in [0.2, 0.25) is 11.8 Å². The topological polar surface area (TPSA) is 49.4 Å². The van der Waals surface area contributed by atoms with Crippen LogP contribution in [0.4, 0.5) is 8.78 Å². The van der Waals surface area contributed by atoms with Crippen LogP contribution in [-0.4, -0.2) is 42.3 Å². The Bertz CT molecular complexity index is 284. The molecule has 0 aromatic rings. The van der Waals surface area contributed by atoms with Crippen LogP contribution in [0.25, 0.3) is 0 Å². The Balaban J connectivity index is 2.85. The van der Waals surface area contributed by atoms with Crippen molar-refractivity contribution in [2.75, 3.05) is 13.1 Å². The fraction of sp³-hybridized carbons (Fsp3) is 0.800. The standard InChI is InChI=1S/C10H16F2N2O2/c1-3-6(2)9-10(16)13-4-8(15)14(9)5-7(11)12/h6-7,9H,3-5H2,1-2H3,(H,13,16). The zero-order valence-electron chi connectivity index (χ0n) is 9.37. The fourth-order valence-electron chi connectivity index (χ4n) is 1.82. The quantitative estimate of drug-likeness (QED) is 0.775. The summed E-state index contributed by atoms with van der Waals surface area (Å²) in [6.07, 6.45) is -1.95. The summed E-state index contributed by atoms with van der Waals surface area (Å²) >= 11 is 0. The molecule has 1 aliphatic heterocycles. The minimum absolute atomic E-state index is 0.122. The van der Waals surface area contributed by atoms with E-state index in [4.69, 9.17) is 0 Å². The van der Waals surface area contributed by atoms with Gasteiger partial charge in [-0.05, 0) is 5.92 Å². The average Bonchev–Trinajstić information content (AvgIpc) is 2.22. The highest BCUT2D eigenvalue weighted by atomic mass is 19.3. The summed E-state index contributed by atoms with van der Waals surface area (Å²) in [6, 6.07) is -0.764. The second-order valence-electron chi connectivity index (χ2n) is 3.99. The molecule has 1 rings (SSSR count). The summed E-state index contributed by atoms with van der Waals surface area (Å²) in [4.78, 5) is 24.1. The minimum atomic E-state index is -2.61. The van der Waals surface area contributed by atoms with Crippen molar-refractivity contribution < 1.29 is 18.4 Å². The first-order chi connectivity index (χ1) is 7.47.